The number of carbonyl (C=O) groups is 1. The van der Waals surface area contributed by atoms with Crippen LogP contribution in [0.4, 0.5) is 5.69 Å². The smallest absolute Gasteiger partial charge is 0.338 e. The average molecular weight is 600 g/mol. The molecule has 4 aromatic rings. The van der Waals surface area contributed by atoms with E-state index in [-0.39, 0.29) is 17.9 Å². The lowest BCUT2D eigenvalue weighted by molar-refractivity contribution is -0.384. The van der Waals surface area contributed by atoms with Crippen LogP contribution in [0.15, 0.2) is 77.8 Å². The van der Waals surface area contributed by atoms with Crippen molar-refractivity contribution in [3.8, 4) is 11.3 Å². The molecular weight excluding hydrogens is 582 g/mol. The molecule has 0 amide bonds. The highest BCUT2D eigenvalue weighted by Crippen LogP contribution is 2.34. The van der Waals surface area contributed by atoms with E-state index >= 15 is 0 Å². The quantitative estimate of drug-likeness (QED) is 0.179. The van der Waals surface area contributed by atoms with Crippen molar-refractivity contribution in [2.75, 3.05) is 6.61 Å². The number of aromatic nitrogens is 1. The summed E-state index contributed by atoms with van der Waals surface area (Å²) in [5.74, 6) is 0.415. The summed E-state index contributed by atoms with van der Waals surface area (Å²) in [6, 6.07) is 11.0. The number of nitro benzene ring substituents is 1. The van der Waals surface area contributed by atoms with Gasteiger partial charge < -0.3 is 9.15 Å². The van der Waals surface area contributed by atoms with E-state index < -0.39 is 16.9 Å². The predicted molar refractivity (Wildman–Crippen MR) is 143 cm³/mol. The third kappa shape index (κ3) is 4.63. The molecule has 0 fully saturated rings. The van der Waals surface area contributed by atoms with Gasteiger partial charge in [-0.25, -0.2) is 9.79 Å². The lowest BCUT2D eigenvalue weighted by Gasteiger charge is -2.23. The summed E-state index contributed by atoms with van der Waals surface area (Å²) in [6.45, 7) is 3.68. The highest BCUT2D eigenvalue weighted by Gasteiger charge is 2.33. The van der Waals surface area contributed by atoms with Gasteiger partial charge in [0.2, 0.25) is 0 Å². The molecule has 1 atom stereocenters. The van der Waals surface area contributed by atoms with Crippen LogP contribution in [0, 0.1) is 10.1 Å². The van der Waals surface area contributed by atoms with Crippen LogP contribution in [0.1, 0.15) is 30.5 Å². The third-order valence-corrected chi connectivity index (χ3v) is 8.22. The number of nitro groups is 1. The van der Waals surface area contributed by atoms with E-state index in [1.54, 1.807) is 38.1 Å². The van der Waals surface area contributed by atoms with Crippen molar-refractivity contribution in [3.63, 3.8) is 0 Å². The number of hydrogen-bond acceptors (Lipinski definition) is 9. The Labute approximate surface area is 225 Å². The molecule has 12 heteroatoms. The predicted octanol–water partition coefficient (Wildman–Crippen LogP) is 4.79. The highest BCUT2D eigenvalue weighted by atomic mass is 79.9. The molecular formula is C25H18BrN3O6S2. The Bertz CT molecular complexity index is 1750. The van der Waals surface area contributed by atoms with Gasteiger partial charge in [-0.1, -0.05) is 17.4 Å². The van der Waals surface area contributed by atoms with Crippen LogP contribution in [-0.4, -0.2) is 22.1 Å². The first-order valence-corrected chi connectivity index (χ1v) is 13.5. The number of ether oxygens (including phenoxy) is 1. The van der Waals surface area contributed by atoms with E-state index in [1.807, 2.05) is 17.5 Å². The van der Waals surface area contributed by atoms with Gasteiger partial charge in [0.25, 0.3) is 11.2 Å². The number of nitrogens with zero attached hydrogens (tertiary/aromatic N) is 3. The normalized spacial score (nSPS) is 15.4. The molecule has 5 rings (SSSR count). The van der Waals surface area contributed by atoms with Crippen LogP contribution in [0.25, 0.3) is 17.4 Å². The fourth-order valence-electron chi connectivity index (χ4n) is 4.03. The number of carbonyl (C=O) groups excluding carboxylic acids is 1. The fraction of sp³-hybridized carbons (Fsp3) is 0.160. The number of furan rings is 1. The zero-order valence-corrected chi connectivity index (χ0v) is 22.7. The van der Waals surface area contributed by atoms with Crippen molar-refractivity contribution in [3.05, 3.63) is 104 Å². The van der Waals surface area contributed by atoms with Crippen LogP contribution >= 0.6 is 38.6 Å². The lowest BCUT2D eigenvalue weighted by atomic mass is 10.0. The highest BCUT2D eigenvalue weighted by molar-refractivity contribution is 9.10. The Balaban J connectivity index is 1.59. The maximum absolute atomic E-state index is 13.6. The van der Waals surface area contributed by atoms with Gasteiger partial charge in [0.15, 0.2) is 4.80 Å². The summed E-state index contributed by atoms with van der Waals surface area (Å²) < 4.78 is 13.7. The van der Waals surface area contributed by atoms with Crippen LogP contribution < -0.4 is 14.9 Å². The lowest BCUT2D eigenvalue weighted by Crippen LogP contribution is -2.39. The molecule has 3 aromatic heterocycles. The van der Waals surface area contributed by atoms with E-state index in [1.165, 1.54) is 39.4 Å². The van der Waals surface area contributed by atoms with Gasteiger partial charge in [-0.2, -0.15) is 0 Å². The number of benzene rings is 1. The fourth-order valence-corrected chi connectivity index (χ4v) is 6.44. The van der Waals surface area contributed by atoms with E-state index in [4.69, 9.17) is 9.15 Å². The second-order valence-electron chi connectivity index (χ2n) is 7.94. The number of thiophene rings is 1. The number of rotatable bonds is 6. The number of thiazole rings is 1. The van der Waals surface area contributed by atoms with Gasteiger partial charge in [-0.3, -0.25) is 19.5 Å². The van der Waals surface area contributed by atoms with Gasteiger partial charge in [-0.15, -0.1) is 11.3 Å². The van der Waals surface area contributed by atoms with Crippen molar-refractivity contribution < 1.29 is 18.9 Å². The van der Waals surface area contributed by atoms with Gasteiger partial charge in [-0.05, 0) is 59.4 Å². The second-order valence-corrected chi connectivity index (χ2v) is 10.8. The summed E-state index contributed by atoms with van der Waals surface area (Å²) >= 11 is 6.01. The zero-order valence-electron chi connectivity index (χ0n) is 19.5. The minimum atomic E-state index is -0.638. The van der Waals surface area contributed by atoms with Crippen LogP contribution in [0.3, 0.4) is 0 Å². The van der Waals surface area contributed by atoms with Crippen molar-refractivity contribution >= 4 is 56.3 Å². The van der Waals surface area contributed by atoms with Gasteiger partial charge >= 0.3 is 5.97 Å². The van der Waals surface area contributed by atoms with E-state index in [2.05, 4.69) is 20.9 Å². The Morgan fingerprint density at radius 3 is 2.81 bits per heavy atom. The first-order valence-electron chi connectivity index (χ1n) is 11.1. The summed E-state index contributed by atoms with van der Waals surface area (Å²) in [7, 11) is 0. The van der Waals surface area contributed by atoms with E-state index in [9.17, 15) is 19.7 Å². The van der Waals surface area contributed by atoms with Crippen LogP contribution in [0.5, 0.6) is 0 Å². The number of allylic oxidation sites excluding steroid dienone is 1. The summed E-state index contributed by atoms with van der Waals surface area (Å²) in [6.07, 6.45) is 1.63. The summed E-state index contributed by atoms with van der Waals surface area (Å²) in [5.41, 5.74) is 1.14. The minimum absolute atomic E-state index is 0.0405. The molecule has 1 aromatic carbocycles. The average Bonchev–Trinajstić information content (AvgIpc) is 3.60. The summed E-state index contributed by atoms with van der Waals surface area (Å²) in [5, 5.41) is 12.9. The molecule has 0 spiro atoms. The first-order chi connectivity index (χ1) is 17.8. The van der Waals surface area contributed by atoms with Crippen LogP contribution in [0.2, 0.25) is 0 Å². The largest absolute Gasteiger partial charge is 0.463 e. The monoisotopic (exact) mass is 599 g/mol. The Morgan fingerprint density at radius 1 is 1.32 bits per heavy atom. The maximum atomic E-state index is 13.6. The Morgan fingerprint density at radius 2 is 2.14 bits per heavy atom. The van der Waals surface area contributed by atoms with E-state index in [0.717, 1.165) is 4.88 Å². The Hall–Kier alpha value is -3.61. The number of esters is 1. The molecule has 0 bridgehead atoms. The standard InChI is InChI=1S/C25H18BrN3O6S2/c1-3-34-24(31)21-13(2)27-25-28(22(21)19-5-4-10-36-19)23(30)20(37-25)12-15-7-9-18(35-15)16-8-6-14(29(32)33)11-17(16)26/h4-12,22H,3H2,1-2H3/b20-12-/t22-/m1/s1. The van der Waals surface area contributed by atoms with Crippen LogP contribution in [-0.2, 0) is 9.53 Å². The second kappa shape index (κ2) is 10.0. The molecule has 0 saturated heterocycles. The minimum Gasteiger partial charge on any atom is -0.463 e. The zero-order chi connectivity index (χ0) is 26.3. The SMILES string of the molecule is CCOC(=O)C1=C(C)N=c2s/c(=C\c3ccc(-c4ccc([N+](=O)[O-])cc4Br)o3)c(=O)n2[C@@H]1c1cccs1. The number of hydrogen-bond donors (Lipinski definition) is 0. The molecule has 0 saturated carbocycles. The molecule has 188 valence electrons. The van der Waals surface area contributed by atoms with Gasteiger partial charge in [0.1, 0.15) is 17.6 Å². The third-order valence-electron chi connectivity index (χ3n) is 5.66. The topological polar surface area (TPSA) is 117 Å². The summed E-state index contributed by atoms with van der Waals surface area (Å²) in [4.78, 5) is 42.8. The number of non-ortho nitro benzene ring substituents is 1. The van der Waals surface area contributed by atoms with Crippen molar-refractivity contribution in [2.45, 2.75) is 19.9 Å². The molecule has 9 nitrogen and oxygen atoms in total. The van der Waals surface area contributed by atoms with Crippen molar-refractivity contribution in [1.82, 2.24) is 4.57 Å². The molecule has 0 radical (unpaired) electrons. The molecule has 1 aliphatic rings. The molecule has 37 heavy (non-hydrogen) atoms. The first kappa shape index (κ1) is 25.1. The van der Waals surface area contributed by atoms with Crippen molar-refractivity contribution in [2.24, 2.45) is 4.99 Å². The molecule has 0 N–H and O–H groups in total. The molecule has 1 aliphatic heterocycles. The van der Waals surface area contributed by atoms with Gasteiger partial charge in [0.05, 0.1) is 27.3 Å². The van der Waals surface area contributed by atoms with Crippen molar-refractivity contribution in [1.29, 1.82) is 0 Å². The maximum Gasteiger partial charge on any atom is 0.338 e. The van der Waals surface area contributed by atoms with E-state index in [0.29, 0.717) is 42.2 Å². The Kier molecular flexibility index (Phi) is 6.80. The molecule has 4 heterocycles. The molecule has 0 unspecified atom stereocenters. The van der Waals surface area contributed by atoms with Gasteiger partial charge in [0, 0.05) is 33.1 Å². The number of fused-ring (bicyclic) bond motifs is 1. The molecule has 0 aliphatic carbocycles. The number of halogens is 1.